The topological polar surface area (TPSA) is 86.8 Å². The van der Waals surface area contributed by atoms with Gasteiger partial charge in [0.15, 0.2) is 0 Å². The predicted octanol–water partition coefficient (Wildman–Crippen LogP) is 4.80. The molecule has 3 rings (SSSR count). The van der Waals surface area contributed by atoms with Crippen LogP contribution in [0.3, 0.4) is 0 Å². The molecule has 0 heterocycles. The summed E-state index contributed by atoms with van der Waals surface area (Å²) in [5.41, 5.74) is 0.650. The first kappa shape index (κ1) is 29.8. The number of carbonyl (C=O) groups excluding carboxylic acids is 2. The lowest BCUT2D eigenvalue weighted by Gasteiger charge is -2.32. The van der Waals surface area contributed by atoms with Gasteiger partial charge in [-0.25, -0.2) is 17.2 Å². The summed E-state index contributed by atoms with van der Waals surface area (Å²) in [6.45, 7) is 4.55. The number of sulfonamides is 1. The molecule has 1 N–H and O–H groups in total. The quantitative estimate of drug-likeness (QED) is 0.324. The number of amides is 2. The number of carbonyl (C=O) groups is 2. The van der Waals surface area contributed by atoms with E-state index in [4.69, 9.17) is 0 Å². The van der Waals surface area contributed by atoms with Crippen LogP contribution < -0.4 is 9.62 Å². The Labute approximate surface area is 228 Å². The number of para-hydroxylation sites is 1. The molecule has 0 radical (unpaired) electrons. The first-order valence-electron chi connectivity index (χ1n) is 12.7. The van der Waals surface area contributed by atoms with Gasteiger partial charge in [-0.3, -0.25) is 13.9 Å². The Hall–Kier alpha value is -3.79. The van der Waals surface area contributed by atoms with Crippen molar-refractivity contribution in [3.05, 3.63) is 95.6 Å². The van der Waals surface area contributed by atoms with Crippen molar-refractivity contribution < 1.29 is 26.8 Å². The fraction of sp³-hybridized carbons (Fsp3) is 0.310. The molecule has 3 aromatic carbocycles. The van der Waals surface area contributed by atoms with Crippen LogP contribution in [-0.2, 0) is 26.2 Å². The van der Waals surface area contributed by atoms with Gasteiger partial charge < -0.3 is 10.2 Å². The second kappa shape index (κ2) is 13.3. The number of benzene rings is 3. The highest BCUT2D eigenvalue weighted by Gasteiger charge is 2.33. The van der Waals surface area contributed by atoms with Gasteiger partial charge in [-0.1, -0.05) is 61.4 Å². The number of hydrogen-bond acceptors (Lipinski definition) is 4. The Morgan fingerprint density at radius 2 is 1.54 bits per heavy atom. The lowest BCUT2D eigenvalue weighted by Crippen LogP contribution is -2.51. The zero-order valence-electron chi connectivity index (χ0n) is 22.2. The molecular weight excluding hydrogens is 524 g/mol. The number of nitrogens with one attached hydrogen (secondary N) is 1. The molecular formula is C29H33F2N3O4S. The highest BCUT2D eigenvalue weighted by atomic mass is 32.2. The number of aryl methyl sites for hydroxylation is 1. The fourth-order valence-corrected chi connectivity index (χ4v) is 5.36. The number of unbranched alkanes of at least 4 members (excludes halogenated alkanes) is 1. The van der Waals surface area contributed by atoms with E-state index in [1.54, 1.807) is 25.1 Å². The van der Waals surface area contributed by atoms with Crippen molar-refractivity contribution >= 4 is 27.5 Å². The molecule has 0 aliphatic heterocycles. The highest BCUT2D eigenvalue weighted by molar-refractivity contribution is 7.92. The first-order valence-corrected chi connectivity index (χ1v) is 14.1. The number of anilines is 1. The van der Waals surface area contributed by atoms with Crippen LogP contribution in [0.5, 0.6) is 0 Å². The molecule has 0 spiro atoms. The average molecular weight is 558 g/mol. The van der Waals surface area contributed by atoms with Crippen molar-refractivity contribution in [2.75, 3.05) is 17.4 Å². The van der Waals surface area contributed by atoms with E-state index in [-0.39, 0.29) is 22.7 Å². The molecule has 7 nitrogen and oxygen atoms in total. The summed E-state index contributed by atoms with van der Waals surface area (Å²) in [4.78, 5) is 27.6. The molecule has 1 unspecified atom stereocenters. The summed E-state index contributed by atoms with van der Waals surface area (Å²) >= 11 is 0. The number of hydrogen-bond donors (Lipinski definition) is 1. The Bertz CT molecular complexity index is 1400. The largest absolute Gasteiger partial charge is 0.354 e. The third-order valence-corrected chi connectivity index (χ3v) is 8.08. The molecule has 0 aliphatic carbocycles. The minimum atomic E-state index is -4.40. The summed E-state index contributed by atoms with van der Waals surface area (Å²) in [5, 5.41) is 2.76. The lowest BCUT2D eigenvalue weighted by molar-refractivity contribution is -0.139. The summed E-state index contributed by atoms with van der Waals surface area (Å²) in [7, 11) is -4.40. The predicted molar refractivity (Wildman–Crippen MR) is 146 cm³/mol. The third-order valence-electron chi connectivity index (χ3n) is 6.30. The van der Waals surface area contributed by atoms with E-state index in [0.29, 0.717) is 10.8 Å². The molecule has 0 saturated carbocycles. The summed E-state index contributed by atoms with van der Waals surface area (Å²) in [5.74, 6) is -2.68. The second-order valence-corrected chi connectivity index (χ2v) is 11.1. The molecule has 0 aromatic heterocycles. The van der Waals surface area contributed by atoms with Crippen LogP contribution >= 0.6 is 0 Å². The van der Waals surface area contributed by atoms with Crippen LogP contribution in [0.2, 0.25) is 0 Å². The van der Waals surface area contributed by atoms with Gasteiger partial charge in [-0.15, -0.1) is 0 Å². The first-order chi connectivity index (χ1) is 18.6. The van der Waals surface area contributed by atoms with E-state index in [1.165, 1.54) is 55.5 Å². The Morgan fingerprint density at radius 3 is 2.15 bits per heavy atom. The second-order valence-electron chi connectivity index (χ2n) is 9.21. The number of halogens is 2. The van der Waals surface area contributed by atoms with E-state index >= 15 is 0 Å². The molecule has 0 saturated heterocycles. The van der Waals surface area contributed by atoms with Crippen molar-refractivity contribution in [3.63, 3.8) is 0 Å². The van der Waals surface area contributed by atoms with Crippen LogP contribution in [-0.4, -0.2) is 44.3 Å². The summed E-state index contributed by atoms with van der Waals surface area (Å²) in [6.07, 6.45) is 1.58. The van der Waals surface area contributed by atoms with Gasteiger partial charge in [0, 0.05) is 18.7 Å². The Kier molecular flexibility index (Phi) is 10.2. The van der Waals surface area contributed by atoms with Crippen LogP contribution in [0.25, 0.3) is 0 Å². The van der Waals surface area contributed by atoms with Gasteiger partial charge in [0.1, 0.15) is 24.2 Å². The van der Waals surface area contributed by atoms with Crippen LogP contribution in [0.4, 0.5) is 14.5 Å². The molecule has 2 amide bonds. The molecule has 10 heteroatoms. The van der Waals surface area contributed by atoms with Crippen LogP contribution in [0.1, 0.15) is 37.8 Å². The molecule has 1 atom stereocenters. The summed E-state index contributed by atoms with van der Waals surface area (Å²) < 4.78 is 57.5. The zero-order chi connectivity index (χ0) is 28.6. The standard InChI is InChI=1S/C29H33F2N3O4S/c1-4-5-18-32-29(36)22(3)33(19-23-10-6-7-11-25(23)30)28(35)20-34(27-13-9-8-12-26(27)31)39(37,38)24-16-14-21(2)15-17-24/h6-17,22H,4-5,18-20H2,1-3H3,(H,32,36). The van der Waals surface area contributed by atoms with Gasteiger partial charge in [0.25, 0.3) is 10.0 Å². The van der Waals surface area contributed by atoms with E-state index in [1.807, 2.05) is 6.92 Å². The maximum atomic E-state index is 14.9. The normalized spacial score (nSPS) is 12.0. The van der Waals surface area contributed by atoms with Crippen molar-refractivity contribution in [1.82, 2.24) is 10.2 Å². The summed E-state index contributed by atoms with van der Waals surface area (Å²) in [6, 6.07) is 15.9. The smallest absolute Gasteiger partial charge is 0.264 e. The van der Waals surface area contributed by atoms with Crippen molar-refractivity contribution in [3.8, 4) is 0 Å². The van der Waals surface area contributed by atoms with Gasteiger partial charge in [0.2, 0.25) is 11.8 Å². The van der Waals surface area contributed by atoms with Crippen molar-refractivity contribution in [2.24, 2.45) is 0 Å². The monoisotopic (exact) mass is 557 g/mol. The molecule has 0 aliphatic rings. The van der Waals surface area contributed by atoms with Gasteiger partial charge in [-0.05, 0) is 50.6 Å². The zero-order valence-corrected chi connectivity index (χ0v) is 23.0. The molecule has 39 heavy (non-hydrogen) atoms. The van der Waals surface area contributed by atoms with E-state index < -0.39 is 46.1 Å². The molecule has 0 fully saturated rings. The van der Waals surface area contributed by atoms with Crippen LogP contribution in [0.15, 0.2) is 77.7 Å². The van der Waals surface area contributed by atoms with Gasteiger partial charge in [-0.2, -0.15) is 0 Å². The minimum absolute atomic E-state index is 0.129. The molecule has 0 bridgehead atoms. The maximum absolute atomic E-state index is 14.9. The Balaban J connectivity index is 2.02. The average Bonchev–Trinajstić information content (AvgIpc) is 2.91. The third kappa shape index (κ3) is 7.41. The molecule has 3 aromatic rings. The fourth-order valence-electron chi connectivity index (χ4n) is 3.93. The number of nitrogens with zero attached hydrogens (tertiary/aromatic N) is 2. The van der Waals surface area contributed by atoms with Crippen molar-refractivity contribution in [1.29, 1.82) is 0 Å². The Morgan fingerprint density at radius 1 is 0.923 bits per heavy atom. The SMILES string of the molecule is CCCCNC(=O)C(C)N(Cc1ccccc1F)C(=O)CN(c1ccccc1F)S(=O)(=O)c1ccc(C)cc1. The number of rotatable bonds is 12. The van der Waals surface area contributed by atoms with E-state index in [2.05, 4.69) is 5.32 Å². The van der Waals surface area contributed by atoms with Gasteiger partial charge in [0.05, 0.1) is 10.6 Å². The highest BCUT2D eigenvalue weighted by Crippen LogP contribution is 2.27. The molecule has 208 valence electrons. The van der Waals surface area contributed by atoms with E-state index in [0.717, 1.165) is 29.4 Å². The lowest BCUT2D eigenvalue weighted by atomic mass is 10.1. The van der Waals surface area contributed by atoms with Crippen molar-refractivity contribution in [2.45, 2.75) is 51.1 Å². The van der Waals surface area contributed by atoms with Gasteiger partial charge >= 0.3 is 0 Å². The maximum Gasteiger partial charge on any atom is 0.264 e. The van der Waals surface area contributed by atoms with Crippen LogP contribution in [0, 0.1) is 18.6 Å². The van der Waals surface area contributed by atoms with E-state index in [9.17, 15) is 26.8 Å². The minimum Gasteiger partial charge on any atom is -0.354 e.